The molecule has 0 bridgehead atoms. The SMILES string of the molecule is Cc1nn(C)cc1C(=O)/C=C\c1ccc(COc2cc(Cl)ccc2Cl)o1. The summed E-state index contributed by atoms with van der Waals surface area (Å²) in [4.78, 5) is 12.2. The number of nitrogens with zero attached hydrogens (tertiary/aromatic N) is 2. The highest BCUT2D eigenvalue weighted by molar-refractivity contribution is 6.34. The van der Waals surface area contributed by atoms with Gasteiger partial charge in [-0.3, -0.25) is 9.48 Å². The van der Waals surface area contributed by atoms with Gasteiger partial charge in [-0.05, 0) is 43.3 Å². The largest absolute Gasteiger partial charge is 0.484 e. The zero-order valence-electron chi connectivity index (χ0n) is 14.2. The van der Waals surface area contributed by atoms with E-state index in [4.69, 9.17) is 32.4 Å². The van der Waals surface area contributed by atoms with Crippen molar-refractivity contribution in [3.63, 3.8) is 0 Å². The van der Waals surface area contributed by atoms with E-state index >= 15 is 0 Å². The minimum atomic E-state index is -0.129. The van der Waals surface area contributed by atoms with Gasteiger partial charge in [0.1, 0.15) is 23.9 Å². The number of ketones is 1. The second kappa shape index (κ2) is 7.81. The number of halogens is 2. The summed E-state index contributed by atoms with van der Waals surface area (Å²) < 4.78 is 12.9. The van der Waals surface area contributed by atoms with Crippen LogP contribution in [0.4, 0.5) is 0 Å². The van der Waals surface area contributed by atoms with Crippen molar-refractivity contribution in [1.82, 2.24) is 9.78 Å². The number of carbonyl (C=O) groups is 1. The van der Waals surface area contributed by atoms with Gasteiger partial charge in [-0.1, -0.05) is 23.2 Å². The Balaban J connectivity index is 1.63. The number of allylic oxidation sites excluding steroid dienone is 1. The normalized spacial score (nSPS) is 11.2. The fourth-order valence-electron chi connectivity index (χ4n) is 2.39. The van der Waals surface area contributed by atoms with Gasteiger partial charge in [-0.15, -0.1) is 0 Å². The Morgan fingerprint density at radius 3 is 2.85 bits per heavy atom. The highest BCUT2D eigenvalue weighted by Crippen LogP contribution is 2.28. The molecular weight excluding hydrogens is 375 g/mol. The van der Waals surface area contributed by atoms with Gasteiger partial charge in [-0.25, -0.2) is 0 Å². The number of hydrogen-bond donors (Lipinski definition) is 0. The van der Waals surface area contributed by atoms with Crippen LogP contribution in [-0.2, 0) is 13.7 Å². The lowest BCUT2D eigenvalue weighted by atomic mass is 10.1. The molecule has 2 heterocycles. The molecule has 5 nitrogen and oxygen atoms in total. The van der Waals surface area contributed by atoms with E-state index in [1.165, 1.54) is 6.08 Å². The van der Waals surface area contributed by atoms with Crippen molar-refractivity contribution in [2.75, 3.05) is 0 Å². The molecule has 26 heavy (non-hydrogen) atoms. The Kier molecular flexibility index (Phi) is 5.49. The summed E-state index contributed by atoms with van der Waals surface area (Å²) in [5, 5.41) is 5.17. The number of rotatable bonds is 6. The van der Waals surface area contributed by atoms with Crippen LogP contribution >= 0.6 is 23.2 Å². The standard InChI is InChI=1S/C19H16Cl2N2O3/c1-12-16(10-23(2)22-12)18(24)8-6-14-4-5-15(26-14)11-25-19-9-13(20)3-7-17(19)21/h3-10H,11H2,1-2H3/b8-6-. The summed E-state index contributed by atoms with van der Waals surface area (Å²) in [7, 11) is 1.78. The van der Waals surface area contributed by atoms with Crippen LogP contribution in [-0.4, -0.2) is 15.6 Å². The predicted octanol–water partition coefficient (Wildman–Crippen LogP) is 5.10. The van der Waals surface area contributed by atoms with Crippen molar-refractivity contribution in [1.29, 1.82) is 0 Å². The molecule has 0 aliphatic rings. The van der Waals surface area contributed by atoms with Gasteiger partial charge in [0.05, 0.1) is 16.3 Å². The van der Waals surface area contributed by atoms with E-state index in [1.54, 1.807) is 61.3 Å². The average Bonchev–Trinajstić information content (AvgIpc) is 3.19. The Bertz CT molecular complexity index is 973. The minimum absolute atomic E-state index is 0.129. The van der Waals surface area contributed by atoms with Crippen LogP contribution in [0.15, 0.2) is 47.0 Å². The number of aryl methyl sites for hydroxylation is 2. The second-order valence-corrected chi connectivity index (χ2v) is 6.51. The molecule has 7 heteroatoms. The molecule has 0 aliphatic heterocycles. The summed E-state index contributed by atoms with van der Waals surface area (Å²) >= 11 is 12.0. The molecule has 1 aromatic carbocycles. The Morgan fingerprint density at radius 2 is 2.12 bits per heavy atom. The molecule has 0 spiro atoms. The lowest BCUT2D eigenvalue weighted by molar-refractivity contribution is 0.104. The molecule has 3 rings (SSSR count). The van der Waals surface area contributed by atoms with Crippen molar-refractivity contribution < 1.29 is 13.9 Å². The van der Waals surface area contributed by atoms with E-state index < -0.39 is 0 Å². The summed E-state index contributed by atoms with van der Waals surface area (Å²) in [6.45, 7) is 1.99. The van der Waals surface area contributed by atoms with Gasteiger partial charge in [0.2, 0.25) is 0 Å². The zero-order chi connectivity index (χ0) is 18.7. The molecule has 0 radical (unpaired) electrons. The predicted molar refractivity (Wildman–Crippen MR) is 101 cm³/mol. The first-order valence-electron chi connectivity index (χ1n) is 7.81. The van der Waals surface area contributed by atoms with E-state index in [2.05, 4.69) is 5.10 Å². The third-order valence-corrected chi connectivity index (χ3v) is 4.17. The summed E-state index contributed by atoms with van der Waals surface area (Å²) in [6.07, 6.45) is 4.77. The van der Waals surface area contributed by atoms with Gasteiger partial charge in [0.25, 0.3) is 0 Å². The van der Waals surface area contributed by atoms with Crippen molar-refractivity contribution in [2.45, 2.75) is 13.5 Å². The number of aromatic nitrogens is 2. The van der Waals surface area contributed by atoms with Crippen LogP contribution in [0.2, 0.25) is 10.0 Å². The van der Waals surface area contributed by atoms with Crippen molar-refractivity contribution in [3.8, 4) is 5.75 Å². The van der Waals surface area contributed by atoms with Crippen LogP contribution in [0, 0.1) is 6.92 Å². The van der Waals surface area contributed by atoms with Crippen molar-refractivity contribution in [3.05, 3.63) is 75.4 Å². The van der Waals surface area contributed by atoms with Gasteiger partial charge in [0, 0.05) is 24.3 Å². The maximum atomic E-state index is 12.2. The number of carbonyl (C=O) groups excluding carboxylic acids is 1. The molecule has 0 amide bonds. The highest BCUT2D eigenvalue weighted by atomic mass is 35.5. The molecule has 3 aromatic rings. The maximum Gasteiger partial charge on any atom is 0.189 e. The van der Waals surface area contributed by atoms with Gasteiger partial charge < -0.3 is 9.15 Å². The monoisotopic (exact) mass is 390 g/mol. The Labute approximate surface area is 160 Å². The number of benzene rings is 1. The molecule has 0 saturated carbocycles. The van der Waals surface area contributed by atoms with E-state index in [0.717, 1.165) is 0 Å². The van der Waals surface area contributed by atoms with Gasteiger partial charge in [-0.2, -0.15) is 5.10 Å². The van der Waals surface area contributed by atoms with Crippen LogP contribution < -0.4 is 4.74 Å². The first-order chi connectivity index (χ1) is 12.4. The van der Waals surface area contributed by atoms with Crippen molar-refractivity contribution >= 4 is 35.1 Å². The molecule has 0 N–H and O–H groups in total. The molecule has 0 fully saturated rings. The maximum absolute atomic E-state index is 12.2. The van der Waals surface area contributed by atoms with E-state index in [0.29, 0.717) is 38.6 Å². The molecule has 0 saturated heterocycles. The second-order valence-electron chi connectivity index (χ2n) is 5.67. The highest BCUT2D eigenvalue weighted by Gasteiger charge is 2.10. The van der Waals surface area contributed by atoms with Crippen molar-refractivity contribution in [2.24, 2.45) is 7.05 Å². The lowest BCUT2D eigenvalue weighted by Crippen LogP contribution is -1.94. The molecule has 2 aromatic heterocycles. The Hall–Kier alpha value is -2.50. The number of ether oxygens (including phenoxy) is 1. The molecular formula is C19H16Cl2N2O3. The van der Waals surface area contributed by atoms with E-state index in [9.17, 15) is 4.79 Å². The first kappa shape index (κ1) is 18.3. The van der Waals surface area contributed by atoms with Crippen LogP contribution in [0.5, 0.6) is 5.75 Å². The molecule has 0 atom stereocenters. The Morgan fingerprint density at radius 1 is 1.31 bits per heavy atom. The van der Waals surface area contributed by atoms with E-state index in [-0.39, 0.29) is 12.4 Å². The minimum Gasteiger partial charge on any atom is -0.484 e. The average molecular weight is 391 g/mol. The third-order valence-electron chi connectivity index (χ3n) is 3.62. The first-order valence-corrected chi connectivity index (χ1v) is 8.57. The lowest BCUT2D eigenvalue weighted by Gasteiger charge is -2.06. The summed E-state index contributed by atoms with van der Waals surface area (Å²) in [6, 6.07) is 8.54. The van der Waals surface area contributed by atoms with Gasteiger partial charge >= 0.3 is 0 Å². The van der Waals surface area contributed by atoms with Gasteiger partial charge in [0.15, 0.2) is 5.78 Å². The fraction of sp³-hybridized carbons (Fsp3) is 0.158. The number of hydrogen-bond acceptors (Lipinski definition) is 4. The van der Waals surface area contributed by atoms with Crippen LogP contribution in [0.1, 0.15) is 27.6 Å². The smallest absolute Gasteiger partial charge is 0.189 e. The summed E-state index contributed by atoms with van der Waals surface area (Å²) in [5.74, 6) is 1.51. The quantitative estimate of drug-likeness (QED) is 0.433. The molecule has 0 unspecified atom stereocenters. The molecule has 134 valence electrons. The number of furan rings is 1. The zero-order valence-corrected chi connectivity index (χ0v) is 15.7. The third kappa shape index (κ3) is 4.36. The molecule has 0 aliphatic carbocycles. The van der Waals surface area contributed by atoms with Crippen LogP contribution in [0.3, 0.4) is 0 Å². The topological polar surface area (TPSA) is 57.3 Å². The fourth-order valence-corrected chi connectivity index (χ4v) is 2.72. The van der Waals surface area contributed by atoms with E-state index in [1.807, 2.05) is 0 Å². The summed E-state index contributed by atoms with van der Waals surface area (Å²) in [5.41, 5.74) is 1.25. The van der Waals surface area contributed by atoms with Crippen LogP contribution in [0.25, 0.3) is 6.08 Å².